The van der Waals surface area contributed by atoms with Crippen LogP contribution in [-0.2, 0) is 0 Å². The minimum Gasteiger partial charge on any atom is -0.494 e. The molecule has 0 aromatic heterocycles. The van der Waals surface area contributed by atoms with Crippen LogP contribution in [0.15, 0.2) is 41.1 Å². The van der Waals surface area contributed by atoms with Crippen molar-refractivity contribution in [2.24, 2.45) is 4.99 Å². The van der Waals surface area contributed by atoms with E-state index in [2.05, 4.69) is 72.2 Å². The first-order valence-corrected chi connectivity index (χ1v) is 9.80. The van der Waals surface area contributed by atoms with Gasteiger partial charge in [0.1, 0.15) is 17.8 Å². The third-order valence-corrected chi connectivity index (χ3v) is 5.04. The first kappa shape index (κ1) is 17.6. The number of allylic oxidation sites excluding steroid dienone is 2. The highest BCUT2D eigenvalue weighted by Gasteiger charge is 2.27. The standard InChI is InChI=1S/C18H22BrN3OS/c1-12-8-15(23-6-3-7-24)9-13(2)17(12)18-20-16-5-4-14(10-19)11-22(16)21-18/h4-5,8-9,11,18,21,24H,3,6-7,10H2,1-2H3. The third-order valence-electron chi connectivity index (χ3n) is 4.08. The second kappa shape index (κ2) is 7.76. The number of nitrogens with zero attached hydrogens (tertiary/aromatic N) is 2. The molecule has 2 heterocycles. The Bertz CT molecular complexity index is 691. The number of aryl methyl sites for hydroxylation is 2. The van der Waals surface area contributed by atoms with E-state index in [1.165, 1.54) is 22.3 Å². The Morgan fingerprint density at radius 2 is 2.04 bits per heavy atom. The first-order valence-electron chi connectivity index (χ1n) is 8.05. The molecule has 1 atom stereocenters. The number of thiol groups is 1. The molecule has 0 radical (unpaired) electrons. The Labute approximate surface area is 157 Å². The molecule has 2 aliphatic heterocycles. The zero-order valence-electron chi connectivity index (χ0n) is 13.9. The Morgan fingerprint density at radius 3 is 2.71 bits per heavy atom. The molecule has 4 nitrogen and oxygen atoms in total. The number of hydrogen-bond donors (Lipinski definition) is 2. The van der Waals surface area contributed by atoms with E-state index in [9.17, 15) is 0 Å². The molecule has 3 rings (SSSR count). The van der Waals surface area contributed by atoms with Gasteiger partial charge in [0.05, 0.1) is 6.61 Å². The van der Waals surface area contributed by atoms with Crippen molar-refractivity contribution in [3.05, 3.63) is 52.7 Å². The molecule has 24 heavy (non-hydrogen) atoms. The summed E-state index contributed by atoms with van der Waals surface area (Å²) in [6.45, 7) is 4.93. The highest BCUT2D eigenvalue weighted by Crippen LogP contribution is 2.31. The zero-order valence-corrected chi connectivity index (χ0v) is 16.4. The van der Waals surface area contributed by atoms with Gasteiger partial charge in [0.2, 0.25) is 0 Å². The third kappa shape index (κ3) is 3.71. The number of rotatable bonds is 6. The normalized spacial score (nSPS) is 19.2. The van der Waals surface area contributed by atoms with Gasteiger partial charge in [0, 0.05) is 11.5 Å². The summed E-state index contributed by atoms with van der Waals surface area (Å²) in [7, 11) is 0. The predicted octanol–water partition coefficient (Wildman–Crippen LogP) is 4.07. The quantitative estimate of drug-likeness (QED) is 0.423. The predicted molar refractivity (Wildman–Crippen MR) is 106 cm³/mol. The van der Waals surface area contributed by atoms with Crippen molar-refractivity contribution in [1.29, 1.82) is 0 Å². The summed E-state index contributed by atoms with van der Waals surface area (Å²) in [4.78, 5) is 4.81. The smallest absolute Gasteiger partial charge is 0.145 e. The van der Waals surface area contributed by atoms with Crippen molar-refractivity contribution in [3.8, 4) is 5.75 Å². The Kier molecular flexibility index (Phi) is 5.69. The fraction of sp³-hybridized carbons (Fsp3) is 0.389. The summed E-state index contributed by atoms with van der Waals surface area (Å²) < 4.78 is 5.81. The monoisotopic (exact) mass is 407 g/mol. The molecule has 0 aliphatic carbocycles. The molecule has 2 aliphatic rings. The van der Waals surface area contributed by atoms with E-state index < -0.39 is 0 Å². The molecule has 0 bridgehead atoms. The summed E-state index contributed by atoms with van der Waals surface area (Å²) in [6.07, 6.45) is 7.09. The maximum atomic E-state index is 5.81. The maximum Gasteiger partial charge on any atom is 0.145 e. The molecule has 1 unspecified atom stereocenters. The average molecular weight is 408 g/mol. The molecule has 6 heteroatoms. The number of alkyl halides is 1. The van der Waals surface area contributed by atoms with E-state index in [-0.39, 0.29) is 6.17 Å². The highest BCUT2D eigenvalue weighted by molar-refractivity contribution is 9.09. The van der Waals surface area contributed by atoms with Crippen LogP contribution < -0.4 is 10.2 Å². The average Bonchev–Trinajstić information content (AvgIpc) is 2.96. The Hall–Kier alpha value is -1.24. The first-order chi connectivity index (χ1) is 11.6. The molecule has 1 N–H and O–H groups in total. The van der Waals surface area contributed by atoms with Crippen molar-refractivity contribution < 1.29 is 4.74 Å². The van der Waals surface area contributed by atoms with Crippen LogP contribution in [0.2, 0.25) is 0 Å². The van der Waals surface area contributed by atoms with Gasteiger partial charge >= 0.3 is 0 Å². The topological polar surface area (TPSA) is 36.9 Å². The van der Waals surface area contributed by atoms with Crippen LogP contribution in [0, 0.1) is 13.8 Å². The van der Waals surface area contributed by atoms with Gasteiger partial charge in [-0.2, -0.15) is 18.1 Å². The van der Waals surface area contributed by atoms with Gasteiger partial charge in [0.15, 0.2) is 0 Å². The van der Waals surface area contributed by atoms with Crippen molar-refractivity contribution in [2.75, 3.05) is 17.7 Å². The van der Waals surface area contributed by atoms with Crippen LogP contribution in [0.5, 0.6) is 5.75 Å². The number of aliphatic imine (C=N–C) groups is 1. The van der Waals surface area contributed by atoms with E-state index in [1.807, 2.05) is 11.1 Å². The zero-order chi connectivity index (χ0) is 17.1. The van der Waals surface area contributed by atoms with Gasteiger partial charge in [-0.1, -0.05) is 22.0 Å². The summed E-state index contributed by atoms with van der Waals surface area (Å²) in [5, 5.41) is 2.83. The fourth-order valence-corrected chi connectivity index (χ4v) is 3.41. The molecule has 0 fully saturated rings. The Morgan fingerprint density at radius 1 is 1.29 bits per heavy atom. The number of hydrogen-bond acceptors (Lipinski definition) is 5. The fourth-order valence-electron chi connectivity index (χ4n) is 2.95. The van der Waals surface area contributed by atoms with Crippen LogP contribution >= 0.6 is 28.6 Å². The Balaban J connectivity index is 1.80. The summed E-state index contributed by atoms with van der Waals surface area (Å²) in [5.74, 6) is 2.70. The number of nitrogens with one attached hydrogen (secondary N) is 1. The molecule has 1 aromatic rings. The lowest BCUT2D eigenvalue weighted by Crippen LogP contribution is -2.34. The summed E-state index contributed by atoms with van der Waals surface area (Å²) >= 11 is 7.71. The van der Waals surface area contributed by atoms with Crippen LogP contribution in [0.3, 0.4) is 0 Å². The van der Waals surface area contributed by atoms with Gasteiger partial charge < -0.3 is 4.74 Å². The number of ether oxygens (including phenoxy) is 1. The van der Waals surface area contributed by atoms with E-state index in [4.69, 9.17) is 9.73 Å². The number of benzene rings is 1. The number of fused-ring (bicyclic) bond motifs is 1. The molecule has 0 saturated heterocycles. The maximum absolute atomic E-state index is 5.81. The van der Waals surface area contributed by atoms with Gasteiger partial charge in [-0.25, -0.2) is 4.99 Å². The SMILES string of the molecule is Cc1cc(OCCCS)cc(C)c1C1N=C2C=CC(CBr)=CN2N1. The van der Waals surface area contributed by atoms with Crippen LogP contribution in [0.1, 0.15) is 29.3 Å². The van der Waals surface area contributed by atoms with E-state index >= 15 is 0 Å². The van der Waals surface area contributed by atoms with Crippen molar-refractivity contribution in [2.45, 2.75) is 26.4 Å². The van der Waals surface area contributed by atoms with Gasteiger partial charge in [-0.15, -0.1) is 0 Å². The molecule has 0 saturated carbocycles. The molecule has 0 amide bonds. The molecule has 1 aromatic carbocycles. The van der Waals surface area contributed by atoms with Crippen LogP contribution in [-0.4, -0.2) is 28.5 Å². The number of amidine groups is 1. The summed E-state index contributed by atoms with van der Waals surface area (Å²) in [6, 6.07) is 4.19. The second-order valence-electron chi connectivity index (χ2n) is 5.96. The van der Waals surface area contributed by atoms with Crippen molar-refractivity contribution in [1.82, 2.24) is 10.4 Å². The number of halogens is 1. The number of hydrazine groups is 1. The van der Waals surface area contributed by atoms with Gasteiger partial charge in [-0.05, 0) is 66.5 Å². The second-order valence-corrected chi connectivity index (χ2v) is 6.96. The molecular weight excluding hydrogens is 386 g/mol. The van der Waals surface area contributed by atoms with Crippen molar-refractivity contribution >= 4 is 34.4 Å². The van der Waals surface area contributed by atoms with Gasteiger partial charge in [0.25, 0.3) is 0 Å². The highest BCUT2D eigenvalue weighted by atomic mass is 79.9. The molecule has 0 spiro atoms. The van der Waals surface area contributed by atoms with E-state index in [0.717, 1.165) is 29.1 Å². The van der Waals surface area contributed by atoms with Crippen molar-refractivity contribution in [3.63, 3.8) is 0 Å². The lowest BCUT2D eigenvalue weighted by atomic mass is 10.00. The lowest BCUT2D eigenvalue weighted by molar-refractivity contribution is 0.318. The largest absolute Gasteiger partial charge is 0.494 e. The van der Waals surface area contributed by atoms with Crippen LogP contribution in [0.4, 0.5) is 0 Å². The lowest BCUT2D eigenvalue weighted by Gasteiger charge is -2.21. The van der Waals surface area contributed by atoms with Crippen LogP contribution in [0.25, 0.3) is 0 Å². The minimum atomic E-state index is -0.0675. The molecule has 128 valence electrons. The minimum absolute atomic E-state index is 0.0675. The van der Waals surface area contributed by atoms with E-state index in [0.29, 0.717) is 6.61 Å². The molecular formula is C18H22BrN3OS. The van der Waals surface area contributed by atoms with E-state index in [1.54, 1.807) is 0 Å². The summed E-state index contributed by atoms with van der Waals surface area (Å²) in [5.41, 5.74) is 8.25. The van der Waals surface area contributed by atoms with Gasteiger partial charge in [-0.3, -0.25) is 5.01 Å².